The Bertz CT molecular complexity index is 1100. The van der Waals surface area contributed by atoms with Crippen molar-refractivity contribution in [2.24, 2.45) is 23.7 Å². The van der Waals surface area contributed by atoms with Crippen LogP contribution in [0.4, 0.5) is 11.4 Å². The second kappa shape index (κ2) is 16.7. The lowest BCUT2D eigenvalue weighted by Gasteiger charge is -2.39. The number of amides is 2. The minimum atomic E-state index is -0.955. The highest BCUT2D eigenvalue weighted by Gasteiger charge is 2.43. The highest BCUT2D eigenvalue weighted by atomic mass is 16.5. The summed E-state index contributed by atoms with van der Waals surface area (Å²) in [5, 5.41) is 3.26. The predicted octanol–water partition coefficient (Wildman–Crippen LogP) is 5.63. The molecule has 2 amide bonds. The van der Waals surface area contributed by atoms with Gasteiger partial charge in [0.1, 0.15) is 11.5 Å². The number of hydrogen-bond acceptors (Lipinski definition) is 7. The molecule has 1 saturated heterocycles. The zero-order valence-corrected chi connectivity index (χ0v) is 28.4. The van der Waals surface area contributed by atoms with Gasteiger partial charge in [-0.3, -0.25) is 14.4 Å². The summed E-state index contributed by atoms with van der Waals surface area (Å²) in [6.07, 6.45) is 5.74. The molecule has 1 aliphatic carbocycles. The van der Waals surface area contributed by atoms with Crippen molar-refractivity contribution in [1.29, 1.82) is 0 Å². The summed E-state index contributed by atoms with van der Waals surface area (Å²) in [5.74, 6) is 1.99. The predicted molar refractivity (Wildman–Crippen MR) is 175 cm³/mol. The second-order valence-electron chi connectivity index (χ2n) is 13.6. The van der Waals surface area contributed by atoms with Gasteiger partial charge in [0, 0.05) is 64.2 Å². The summed E-state index contributed by atoms with van der Waals surface area (Å²) in [5.41, 5.74) is 0.511. The smallest absolute Gasteiger partial charge is 0.270 e. The lowest BCUT2D eigenvalue weighted by molar-refractivity contribution is -0.132. The number of rotatable bonds is 14. The van der Waals surface area contributed by atoms with Crippen molar-refractivity contribution < 1.29 is 28.6 Å². The van der Waals surface area contributed by atoms with Gasteiger partial charge in [-0.05, 0) is 96.3 Å². The number of carbonyl (C=O) groups excluding carboxylic acids is 3. The van der Waals surface area contributed by atoms with Gasteiger partial charge < -0.3 is 29.3 Å². The van der Waals surface area contributed by atoms with Crippen LogP contribution in [0.5, 0.6) is 5.75 Å². The van der Waals surface area contributed by atoms with Crippen LogP contribution in [-0.2, 0) is 23.9 Å². The zero-order chi connectivity index (χ0) is 32.4. The van der Waals surface area contributed by atoms with Crippen molar-refractivity contribution in [2.45, 2.75) is 98.6 Å². The van der Waals surface area contributed by atoms with E-state index in [1.54, 1.807) is 32.8 Å². The van der Waals surface area contributed by atoms with E-state index < -0.39 is 5.60 Å². The van der Waals surface area contributed by atoms with Crippen molar-refractivity contribution in [3.63, 3.8) is 0 Å². The maximum Gasteiger partial charge on any atom is 0.270 e. The highest BCUT2D eigenvalue weighted by molar-refractivity contribution is 6.04. The molecule has 1 N–H and O–H groups in total. The van der Waals surface area contributed by atoms with Gasteiger partial charge in [0.25, 0.3) is 5.91 Å². The van der Waals surface area contributed by atoms with Gasteiger partial charge in [-0.1, -0.05) is 20.8 Å². The van der Waals surface area contributed by atoms with Gasteiger partial charge in [-0.25, -0.2) is 0 Å². The Morgan fingerprint density at radius 3 is 2.45 bits per heavy atom. The van der Waals surface area contributed by atoms with Gasteiger partial charge in [0.15, 0.2) is 5.60 Å². The molecule has 0 radical (unpaired) electrons. The summed E-state index contributed by atoms with van der Waals surface area (Å²) in [6, 6.07) is 5.84. The largest absolute Gasteiger partial charge is 0.476 e. The fraction of sp³-hybridized carbons (Fsp3) is 0.743. The Hall–Kier alpha value is -2.49. The van der Waals surface area contributed by atoms with Gasteiger partial charge >= 0.3 is 0 Å². The SMILES string of the molecule is CCOCCC(C)CC(C)C.COCCCN1C(=O)C(C)(C)Oc2ccc(N(C(=O)C3CNCC(C(C)=O)C3)C3CC3)cc21. The molecule has 2 aliphatic heterocycles. The Morgan fingerprint density at radius 1 is 1.14 bits per heavy atom. The summed E-state index contributed by atoms with van der Waals surface area (Å²) < 4.78 is 16.5. The summed E-state index contributed by atoms with van der Waals surface area (Å²) in [4.78, 5) is 42.3. The van der Waals surface area contributed by atoms with Crippen LogP contribution in [0.2, 0.25) is 0 Å². The van der Waals surface area contributed by atoms with Crippen molar-refractivity contribution in [2.75, 3.05) is 56.4 Å². The summed E-state index contributed by atoms with van der Waals surface area (Å²) in [7, 11) is 1.65. The molecule has 3 aliphatic rings. The van der Waals surface area contributed by atoms with E-state index in [-0.39, 0.29) is 35.5 Å². The lowest BCUT2D eigenvalue weighted by Crippen LogP contribution is -2.53. The quantitative estimate of drug-likeness (QED) is 0.271. The molecule has 9 nitrogen and oxygen atoms in total. The van der Waals surface area contributed by atoms with E-state index in [0.717, 1.165) is 43.6 Å². The van der Waals surface area contributed by atoms with Gasteiger partial charge in [0.2, 0.25) is 5.91 Å². The van der Waals surface area contributed by atoms with Gasteiger partial charge in [-0.15, -0.1) is 0 Å². The van der Waals surface area contributed by atoms with Crippen LogP contribution in [0.25, 0.3) is 0 Å². The van der Waals surface area contributed by atoms with Crippen LogP contribution in [0.1, 0.15) is 87.0 Å². The van der Waals surface area contributed by atoms with Gasteiger partial charge in [-0.2, -0.15) is 0 Å². The monoisotopic (exact) mass is 615 g/mol. The Labute approximate surface area is 265 Å². The van der Waals surface area contributed by atoms with E-state index in [4.69, 9.17) is 14.2 Å². The summed E-state index contributed by atoms with van der Waals surface area (Å²) >= 11 is 0. The normalized spacial score (nSPS) is 21.6. The zero-order valence-electron chi connectivity index (χ0n) is 28.4. The Morgan fingerprint density at radius 2 is 1.84 bits per heavy atom. The molecule has 3 unspecified atom stereocenters. The topological polar surface area (TPSA) is 97.4 Å². The number of fused-ring (bicyclic) bond motifs is 1. The second-order valence-corrected chi connectivity index (χ2v) is 13.6. The molecule has 1 saturated carbocycles. The first kappa shape index (κ1) is 36.0. The third-order valence-electron chi connectivity index (χ3n) is 8.62. The van der Waals surface area contributed by atoms with Crippen LogP contribution in [0.3, 0.4) is 0 Å². The van der Waals surface area contributed by atoms with E-state index in [2.05, 4.69) is 26.1 Å². The van der Waals surface area contributed by atoms with Crippen LogP contribution < -0.4 is 19.9 Å². The molecule has 1 aromatic rings. The molecule has 2 heterocycles. The number of benzene rings is 1. The van der Waals surface area contributed by atoms with Crippen LogP contribution in [0.15, 0.2) is 18.2 Å². The maximum absolute atomic E-state index is 13.6. The number of carbonyl (C=O) groups is 3. The number of ether oxygens (including phenoxy) is 3. The van der Waals surface area contributed by atoms with Gasteiger partial charge in [0.05, 0.1) is 11.6 Å². The molecule has 3 atom stereocenters. The first-order valence-electron chi connectivity index (χ1n) is 16.6. The third kappa shape index (κ3) is 10.0. The first-order chi connectivity index (χ1) is 20.9. The van der Waals surface area contributed by atoms with Crippen LogP contribution in [0, 0.1) is 23.7 Å². The molecule has 0 aromatic heterocycles. The number of piperidine rings is 1. The average Bonchev–Trinajstić information content (AvgIpc) is 3.81. The minimum absolute atomic E-state index is 0.0465. The summed E-state index contributed by atoms with van der Waals surface area (Å²) in [6.45, 7) is 18.1. The fourth-order valence-corrected chi connectivity index (χ4v) is 6.13. The number of Topliss-reactive ketones (excluding diaryl/α,β-unsaturated/α-hetero) is 1. The number of hydrogen-bond donors (Lipinski definition) is 1. The maximum atomic E-state index is 13.6. The molecule has 9 heteroatoms. The Balaban J connectivity index is 0.000000411. The fourth-order valence-electron chi connectivity index (χ4n) is 6.13. The number of nitrogens with zero attached hydrogens (tertiary/aromatic N) is 2. The molecular formula is C35H57N3O6. The van der Waals surface area contributed by atoms with E-state index in [1.165, 1.54) is 12.8 Å². The number of nitrogens with one attached hydrogen (secondary N) is 1. The van der Waals surface area contributed by atoms with Crippen molar-refractivity contribution >= 4 is 29.0 Å². The first-order valence-corrected chi connectivity index (χ1v) is 16.6. The molecule has 248 valence electrons. The lowest BCUT2D eigenvalue weighted by atomic mass is 9.87. The van der Waals surface area contributed by atoms with E-state index in [1.807, 2.05) is 30.0 Å². The van der Waals surface area contributed by atoms with Crippen molar-refractivity contribution in [1.82, 2.24) is 5.32 Å². The molecule has 0 bridgehead atoms. The highest BCUT2D eigenvalue weighted by Crippen LogP contribution is 2.43. The molecule has 0 spiro atoms. The van der Waals surface area contributed by atoms with Crippen molar-refractivity contribution in [3.05, 3.63) is 18.2 Å². The van der Waals surface area contributed by atoms with E-state index in [9.17, 15) is 14.4 Å². The number of anilines is 2. The third-order valence-corrected chi connectivity index (χ3v) is 8.62. The van der Waals surface area contributed by atoms with E-state index in [0.29, 0.717) is 50.5 Å². The molecule has 2 fully saturated rings. The number of methoxy groups -OCH3 is 1. The Kier molecular flexibility index (Phi) is 13.7. The van der Waals surface area contributed by atoms with E-state index >= 15 is 0 Å². The number of ketones is 1. The minimum Gasteiger partial charge on any atom is -0.476 e. The van der Waals surface area contributed by atoms with Crippen LogP contribution in [-0.4, -0.2) is 75.8 Å². The molecular weight excluding hydrogens is 558 g/mol. The molecule has 1 aromatic carbocycles. The van der Waals surface area contributed by atoms with Crippen molar-refractivity contribution in [3.8, 4) is 5.75 Å². The molecule has 4 rings (SSSR count). The van der Waals surface area contributed by atoms with Crippen LogP contribution >= 0.6 is 0 Å². The molecule has 44 heavy (non-hydrogen) atoms. The average molecular weight is 616 g/mol. The standard InChI is InChI=1S/C25H35N3O5.C10H22O/c1-16(29)17-12-18(15-26-14-17)23(30)28(19-6-7-19)20-8-9-22-21(13-20)27(10-5-11-32-4)24(31)25(2,3)33-22;1-5-11-7-6-10(4)8-9(2)3/h8-9,13,17-19,26H,5-7,10-12,14-15H2,1-4H3;9-10H,5-8H2,1-4H3.